The number of ether oxygens (including phenoxy) is 4. The Morgan fingerprint density at radius 3 is 1.45 bits per heavy atom. The first-order valence-corrected chi connectivity index (χ1v) is 14.7. The molecule has 0 bridgehead atoms. The van der Waals surface area contributed by atoms with Gasteiger partial charge in [-0.15, -0.1) is 0 Å². The fourth-order valence-electron chi connectivity index (χ4n) is 6.19. The Kier molecular flexibility index (Phi) is 7.05. The van der Waals surface area contributed by atoms with Gasteiger partial charge in [0.1, 0.15) is 36.9 Å². The molecule has 4 aromatic rings. The standard InChI is InChI=1S/C36H36O4/c1-4-10-26(11-5-1)32-20-28(14-16-34(32)39-24-30-22-37-30)36(18-8-3-9-19-36)29-15-17-35(40-25-31-23-38-31)33(21-29)27-12-6-2-7-13-27/h1-2,4-7,10-17,20-21,30-31H,3,8-9,18-19,22-25H2. The van der Waals surface area contributed by atoms with Crippen LogP contribution in [0.2, 0.25) is 0 Å². The van der Waals surface area contributed by atoms with Gasteiger partial charge in [-0.05, 0) is 59.4 Å². The molecular formula is C36H36O4. The highest BCUT2D eigenvalue weighted by molar-refractivity contribution is 5.74. The van der Waals surface area contributed by atoms with Gasteiger partial charge in [-0.3, -0.25) is 0 Å². The van der Waals surface area contributed by atoms with E-state index in [4.69, 9.17) is 18.9 Å². The third-order valence-electron chi connectivity index (χ3n) is 8.60. The van der Waals surface area contributed by atoms with Gasteiger partial charge < -0.3 is 18.9 Å². The number of epoxide rings is 2. The van der Waals surface area contributed by atoms with Crippen molar-refractivity contribution in [2.45, 2.75) is 49.7 Å². The molecule has 2 atom stereocenters. The van der Waals surface area contributed by atoms with Crippen molar-refractivity contribution in [1.29, 1.82) is 0 Å². The Bertz CT molecular complexity index is 1330. The molecule has 2 saturated heterocycles. The summed E-state index contributed by atoms with van der Waals surface area (Å²) in [6.07, 6.45) is 6.41. The molecule has 4 nitrogen and oxygen atoms in total. The first kappa shape index (κ1) is 25.4. The molecule has 0 N–H and O–H groups in total. The van der Waals surface area contributed by atoms with Crippen molar-refractivity contribution < 1.29 is 18.9 Å². The summed E-state index contributed by atoms with van der Waals surface area (Å²) in [6, 6.07) is 35.0. The lowest BCUT2D eigenvalue weighted by atomic mass is 9.64. The van der Waals surface area contributed by atoms with Gasteiger partial charge in [0, 0.05) is 16.5 Å². The highest BCUT2D eigenvalue weighted by Gasteiger charge is 2.37. The second kappa shape index (κ2) is 11.1. The molecule has 0 amide bonds. The van der Waals surface area contributed by atoms with Crippen molar-refractivity contribution in [3.63, 3.8) is 0 Å². The summed E-state index contributed by atoms with van der Waals surface area (Å²) in [5.74, 6) is 1.85. The summed E-state index contributed by atoms with van der Waals surface area (Å²) in [5, 5.41) is 0. The van der Waals surface area contributed by atoms with Crippen LogP contribution in [0.5, 0.6) is 11.5 Å². The average Bonchev–Trinajstić information content (AvgIpc) is 3.96. The molecule has 2 unspecified atom stereocenters. The molecule has 0 aromatic heterocycles. The predicted octanol–water partition coefficient (Wildman–Crippen LogP) is 7.83. The molecule has 2 aliphatic heterocycles. The lowest BCUT2D eigenvalue weighted by molar-refractivity contribution is 0.263. The zero-order valence-corrected chi connectivity index (χ0v) is 22.9. The van der Waals surface area contributed by atoms with Gasteiger partial charge >= 0.3 is 0 Å². The van der Waals surface area contributed by atoms with Gasteiger partial charge in [0.15, 0.2) is 0 Å². The summed E-state index contributed by atoms with van der Waals surface area (Å²) < 4.78 is 23.4. The van der Waals surface area contributed by atoms with Crippen LogP contribution >= 0.6 is 0 Å². The van der Waals surface area contributed by atoms with Crippen molar-refractivity contribution in [1.82, 2.24) is 0 Å². The third kappa shape index (κ3) is 5.39. The van der Waals surface area contributed by atoms with Gasteiger partial charge in [-0.1, -0.05) is 92.1 Å². The maximum atomic E-state index is 6.29. The summed E-state index contributed by atoms with van der Waals surface area (Å²) in [7, 11) is 0. The number of rotatable bonds is 10. The molecule has 1 aliphatic carbocycles. The van der Waals surface area contributed by atoms with E-state index in [1.807, 2.05) is 0 Å². The van der Waals surface area contributed by atoms with E-state index in [2.05, 4.69) is 97.1 Å². The van der Waals surface area contributed by atoms with Crippen molar-refractivity contribution in [3.05, 3.63) is 108 Å². The fraction of sp³-hybridized carbons (Fsp3) is 0.333. The molecule has 3 aliphatic rings. The minimum Gasteiger partial charge on any atom is -0.490 e. The molecule has 4 aromatic carbocycles. The highest BCUT2D eigenvalue weighted by atomic mass is 16.6. The molecule has 204 valence electrons. The van der Waals surface area contributed by atoms with Crippen LogP contribution in [0.4, 0.5) is 0 Å². The topological polar surface area (TPSA) is 43.5 Å². The van der Waals surface area contributed by atoms with Crippen LogP contribution in [0.15, 0.2) is 97.1 Å². The van der Waals surface area contributed by atoms with Gasteiger partial charge in [0.25, 0.3) is 0 Å². The van der Waals surface area contributed by atoms with Gasteiger partial charge in [0.2, 0.25) is 0 Å². The first-order chi connectivity index (χ1) is 19.8. The Balaban J connectivity index is 1.32. The largest absolute Gasteiger partial charge is 0.490 e. The monoisotopic (exact) mass is 532 g/mol. The van der Waals surface area contributed by atoms with Crippen molar-refractivity contribution in [2.24, 2.45) is 0 Å². The molecule has 1 saturated carbocycles. The van der Waals surface area contributed by atoms with Crippen LogP contribution in [-0.2, 0) is 14.9 Å². The molecule has 3 fully saturated rings. The van der Waals surface area contributed by atoms with Crippen molar-refractivity contribution in [3.8, 4) is 33.8 Å². The molecule has 7 rings (SSSR count). The fourth-order valence-corrected chi connectivity index (χ4v) is 6.19. The Morgan fingerprint density at radius 1 is 0.575 bits per heavy atom. The quantitative estimate of drug-likeness (QED) is 0.195. The summed E-state index contributed by atoms with van der Waals surface area (Å²) in [6.45, 7) is 2.77. The summed E-state index contributed by atoms with van der Waals surface area (Å²) >= 11 is 0. The minimum atomic E-state index is -0.0679. The number of benzene rings is 4. The van der Waals surface area contributed by atoms with E-state index in [-0.39, 0.29) is 17.6 Å². The average molecular weight is 533 g/mol. The van der Waals surface area contributed by atoms with Crippen LogP contribution < -0.4 is 9.47 Å². The Morgan fingerprint density at radius 2 is 1.02 bits per heavy atom. The van der Waals surface area contributed by atoms with E-state index >= 15 is 0 Å². The second-order valence-electron chi connectivity index (χ2n) is 11.3. The van der Waals surface area contributed by atoms with Crippen LogP contribution in [-0.4, -0.2) is 38.6 Å². The molecule has 0 radical (unpaired) electrons. The van der Waals surface area contributed by atoms with E-state index < -0.39 is 0 Å². The summed E-state index contributed by atoms with van der Waals surface area (Å²) in [4.78, 5) is 0. The predicted molar refractivity (Wildman–Crippen MR) is 158 cm³/mol. The van der Waals surface area contributed by atoms with Crippen molar-refractivity contribution in [2.75, 3.05) is 26.4 Å². The Labute approximate surface area is 236 Å². The van der Waals surface area contributed by atoms with Crippen LogP contribution in [0.25, 0.3) is 22.3 Å². The van der Waals surface area contributed by atoms with Crippen LogP contribution in [0, 0.1) is 0 Å². The molecule has 4 heteroatoms. The number of hydrogen-bond acceptors (Lipinski definition) is 4. The summed E-state index contributed by atoms with van der Waals surface area (Å²) in [5.41, 5.74) is 7.31. The van der Waals surface area contributed by atoms with Gasteiger partial charge in [-0.25, -0.2) is 0 Å². The minimum absolute atomic E-state index is 0.0679. The van der Waals surface area contributed by atoms with Gasteiger partial charge in [0.05, 0.1) is 13.2 Å². The van der Waals surface area contributed by atoms with Crippen LogP contribution in [0.1, 0.15) is 43.2 Å². The van der Waals surface area contributed by atoms with E-state index in [0.717, 1.165) is 48.7 Å². The lowest BCUT2D eigenvalue weighted by Gasteiger charge is -2.39. The zero-order chi connectivity index (χ0) is 26.8. The highest BCUT2D eigenvalue weighted by Crippen LogP contribution is 2.48. The SMILES string of the molecule is c1ccc(-c2cc(C3(c4ccc(OCC5CO5)c(-c5ccccc5)c4)CCCCC3)ccc2OCC2CO2)cc1. The van der Waals surface area contributed by atoms with Crippen LogP contribution in [0.3, 0.4) is 0 Å². The van der Waals surface area contributed by atoms with Gasteiger partial charge in [-0.2, -0.15) is 0 Å². The molecule has 40 heavy (non-hydrogen) atoms. The Hall–Kier alpha value is -3.60. The molecular weight excluding hydrogens is 496 g/mol. The number of hydrogen-bond donors (Lipinski definition) is 0. The second-order valence-corrected chi connectivity index (χ2v) is 11.3. The first-order valence-electron chi connectivity index (χ1n) is 14.7. The molecule has 0 spiro atoms. The lowest BCUT2D eigenvalue weighted by Crippen LogP contribution is -2.30. The molecule has 2 heterocycles. The van der Waals surface area contributed by atoms with Crippen molar-refractivity contribution >= 4 is 0 Å². The smallest absolute Gasteiger partial charge is 0.127 e. The normalized spacial score (nSPS) is 21.0. The van der Waals surface area contributed by atoms with E-state index in [1.165, 1.54) is 41.5 Å². The maximum absolute atomic E-state index is 6.29. The maximum Gasteiger partial charge on any atom is 0.127 e. The van der Waals surface area contributed by atoms with E-state index in [0.29, 0.717) is 13.2 Å². The zero-order valence-electron chi connectivity index (χ0n) is 22.9. The van der Waals surface area contributed by atoms with E-state index in [1.54, 1.807) is 0 Å². The van der Waals surface area contributed by atoms with E-state index in [9.17, 15) is 0 Å². The third-order valence-corrected chi connectivity index (χ3v) is 8.60.